The molecule has 0 spiro atoms. The fourth-order valence-corrected chi connectivity index (χ4v) is 2.31. The molecule has 0 fully saturated rings. The van der Waals surface area contributed by atoms with E-state index in [-0.39, 0.29) is 11.6 Å². The van der Waals surface area contributed by atoms with Crippen LogP contribution >= 0.6 is 23.2 Å². The van der Waals surface area contributed by atoms with Crippen LogP contribution in [0.1, 0.15) is 16.8 Å². The molecule has 0 aliphatic carbocycles. The summed E-state index contributed by atoms with van der Waals surface area (Å²) in [5, 5.41) is 17.6. The van der Waals surface area contributed by atoms with Gasteiger partial charge < -0.3 is 10.6 Å². The molecule has 0 aliphatic rings. The Bertz CT molecular complexity index is 736. The molecule has 0 unspecified atom stereocenters. The van der Waals surface area contributed by atoms with E-state index in [1.165, 1.54) is 6.07 Å². The van der Waals surface area contributed by atoms with Crippen molar-refractivity contribution in [2.75, 3.05) is 18.4 Å². The van der Waals surface area contributed by atoms with Gasteiger partial charge in [0.25, 0.3) is 11.6 Å². The Balaban J connectivity index is 1.78. The number of nitro groups is 1. The van der Waals surface area contributed by atoms with Crippen molar-refractivity contribution in [2.24, 2.45) is 0 Å². The van der Waals surface area contributed by atoms with Crippen LogP contribution in [0, 0.1) is 10.1 Å². The van der Waals surface area contributed by atoms with E-state index in [9.17, 15) is 14.9 Å². The molecule has 0 heterocycles. The number of hydrogen-bond acceptors (Lipinski definition) is 4. The summed E-state index contributed by atoms with van der Waals surface area (Å²) in [6.07, 6.45) is 0.610. The monoisotopic (exact) mass is 367 g/mol. The second-order valence-electron chi connectivity index (χ2n) is 4.96. The Labute approximate surface area is 148 Å². The van der Waals surface area contributed by atoms with Crippen molar-refractivity contribution in [3.05, 3.63) is 68.2 Å². The van der Waals surface area contributed by atoms with Gasteiger partial charge in [-0.2, -0.15) is 0 Å². The summed E-state index contributed by atoms with van der Waals surface area (Å²) >= 11 is 11.5. The van der Waals surface area contributed by atoms with Crippen LogP contribution in [0.2, 0.25) is 10.0 Å². The summed E-state index contributed by atoms with van der Waals surface area (Å²) < 4.78 is 0. The van der Waals surface area contributed by atoms with E-state index in [4.69, 9.17) is 23.2 Å². The van der Waals surface area contributed by atoms with Gasteiger partial charge in [-0.1, -0.05) is 23.2 Å². The first-order valence-corrected chi connectivity index (χ1v) is 7.94. The minimum absolute atomic E-state index is 0.0762. The van der Waals surface area contributed by atoms with Crippen molar-refractivity contribution in [3.8, 4) is 0 Å². The van der Waals surface area contributed by atoms with Crippen molar-refractivity contribution in [1.82, 2.24) is 5.32 Å². The number of nitrogens with one attached hydrogen (secondary N) is 2. The van der Waals surface area contributed by atoms with Crippen LogP contribution in [0.15, 0.2) is 42.5 Å². The van der Waals surface area contributed by atoms with Crippen LogP contribution in [0.3, 0.4) is 0 Å². The minimum atomic E-state index is -0.490. The van der Waals surface area contributed by atoms with Crippen LogP contribution in [0.5, 0.6) is 0 Å². The summed E-state index contributed by atoms with van der Waals surface area (Å²) in [6, 6.07) is 11.0. The first kappa shape index (κ1) is 18.0. The Morgan fingerprint density at radius 1 is 1.04 bits per heavy atom. The third kappa shape index (κ3) is 5.11. The third-order valence-electron chi connectivity index (χ3n) is 3.22. The van der Waals surface area contributed by atoms with Crippen LogP contribution in [-0.4, -0.2) is 23.9 Å². The number of benzene rings is 2. The highest BCUT2D eigenvalue weighted by molar-refractivity contribution is 6.31. The molecule has 0 radical (unpaired) electrons. The van der Waals surface area contributed by atoms with Crippen molar-refractivity contribution >= 4 is 40.5 Å². The lowest BCUT2D eigenvalue weighted by Crippen LogP contribution is -2.25. The van der Waals surface area contributed by atoms with E-state index in [0.717, 1.165) is 0 Å². The molecular weight excluding hydrogens is 353 g/mol. The summed E-state index contributed by atoms with van der Waals surface area (Å²) in [5.41, 5.74) is 0.849. The molecule has 8 heteroatoms. The zero-order valence-corrected chi connectivity index (χ0v) is 14.1. The smallest absolute Gasteiger partial charge is 0.293 e. The zero-order chi connectivity index (χ0) is 17.5. The molecule has 0 atom stereocenters. The van der Waals surface area contributed by atoms with Gasteiger partial charge in [0.2, 0.25) is 0 Å². The maximum Gasteiger partial charge on any atom is 0.293 e. The van der Waals surface area contributed by atoms with E-state index >= 15 is 0 Å². The standard InChI is InChI=1S/C16H15Cl2N3O3/c17-12-4-2-11(3-5-12)16(22)20-9-1-8-19-14-7-6-13(18)10-15(14)21(23)24/h2-7,10,19H,1,8-9H2,(H,20,22). The number of halogens is 2. The Morgan fingerprint density at radius 2 is 1.71 bits per heavy atom. The second kappa shape index (κ2) is 8.52. The number of carbonyl (C=O) groups is 1. The maximum absolute atomic E-state index is 11.9. The average molecular weight is 368 g/mol. The number of anilines is 1. The molecule has 1 amide bonds. The van der Waals surface area contributed by atoms with Crippen LogP contribution in [-0.2, 0) is 0 Å². The van der Waals surface area contributed by atoms with E-state index in [1.54, 1.807) is 36.4 Å². The summed E-state index contributed by atoms with van der Waals surface area (Å²) in [6.45, 7) is 0.916. The van der Waals surface area contributed by atoms with Gasteiger partial charge in [0.05, 0.1) is 4.92 Å². The van der Waals surface area contributed by atoms with Gasteiger partial charge in [-0.15, -0.1) is 0 Å². The first-order chi connectivity index (χ1) is 11.5. The number of nitrogens with zero attached hydrogens (tertiary/aromatic N) is 1. The topological polar surface area (TPSA) is 84.3 Å². The molecule has 2 aromatic rings. The molecule has 6 nitrogen and oxygen atoms in total. The fourth-order valence-electron chi connectivity index (χ4n) is 2.02. The van der Waals surface area contributed by atoms with Gasteiger partial charge in [0, 0.05) is 34.8 Å². The normalized spacial score (nSPS) is 10.2. The number of nitro benzene ring substituents is 1. The highest BCUT2D eigenvalue weighted by atomic mass is 35.5. The van der Waals surface area contributed by atoms with Crippen LogP contribution in [0.25, 0.3) is 0 Å². The van der Waals surface area contributed by atoms with E-state index in [0.29, 0.717) is 40.8 Å². The van der Waals surface area contributed by atoms with Gasteiger partial charge >= 0.3 is 0 Å². The predicted octanol–water partition coefficient (Wildman–Crippen LogP) is 4.13. The summed E-state index contributed by atoms with van der Waals surface area (Å²) in [5.74, 6) is -0.191. The van der Waals surface area contributed by atoms with Gasteiger partial charge in [-0.3, -0.25) is 14.9 Å². The third-order valence-corrected chi connectivity index (χ3v) is 3.70. The van der Waals surface area contributed by atoms with E-state index < -0.39 is 4.92 Å². The summed E-state index contributed by atoms with van der Waals surface area (Å²) in [7, 11) is 0. The molecule has 24 heavy (non-hydrogen) atoms. The lowest BCUT2D eigenvalue weighted by Gasteiger charge is -2.08. The van der Waals surface area contributed by atoms with Gasteiger partial charge in [0.1, 0.15) is 5.69 Å². The number of amides is 1. The van der Waals surface area contributed by atoms with Gasteiger partial charge in [-0.05, 0) is 42.8 Å². The molecule has 2 rings (SSSR count). The molecule has 2 N–H and O–H groups in total. The van der Waals surface area contributed by atoms with Crippen LogP contribution in [0.4, 0.5) is 11.4 Å². The number of rotatable bonds is 7. The highest BCUT2D eigenvalue weighted by Gasteiger charge is 2.13. The molecule has 0 bridgehead atoms. The van der Waals surface area contributed by atoms with E-state index in [1.807, 2.05) is 0 Å². The SMILES string of the molecule is O=C(NCCCNc1ccc(Cl)cc1[N+](=O)[O-])c1ccc(Cl)cc1. The lowest BCUT2D eigenvalue weighted by atomic mass is 10.2. The molecule has 2 aromatic carbocycles. The van der Waals surface area contributed by atoms with Crippen molar-refractivity contribution < 1.29 is 9.72 Å². The summed E-state index contributed by atoms with van der Waals surface area (Å²) in [4.78, 5) is 22.4. The van der Waals surface area contributed by atoms with E-state index in [2.05, 4.69) is 10.6 Å². The minimum Gasteiger partial charge on any atom is -0.379 e. The second-order valence-corrected chi connectivity index (χ2v) is 5.83. The fraction of sp³-hybridized carbons (Fsp3) is 0.188. The zero-order valence-electron chi connectivity index (χ0n) is 12.6. The molecule has 0 aliphatic heterocycles. The molecule has 126 valence electrons. The predicted molar refractivity (Wildman–Crippen MR) is 95.0 cm³/mol. The number of carbonyl (C=O) groups excluding carboxylic acids is 1. The number of hydrogen-bond donors (Lipinski definition) is 2. The van der Waals surface area contributed by atoms with Gasteiger partial charge in [0.15, 0.2) is 0 Å². The highest BCUT2D eigenvalue weighted by Crippen LogP contribution is 2.27. The molecular formula is C16H15Cl2N3O3. The molecule has 0 aromatic heterocycles. The Morgan fingerprint density at radius 3 is 2.38 bits per heavy atom. The Hall–Kier alpha value is -2.31. The molecule has 0 saturated heterocycles. The largest absolute Gasteiger partial charge is 0.379 e. The Kier molecular flexibility index (Phi) is 6.40. The van der Waals surface area contributed by atoms with Crippen molar-refractivity contribution in [2.45, 2.75) is 6.42 Å². The van der Waals surface area contributed by atoms with Gasteiger partial charge in [-0.25, -0.2) is 0 Å². The van der Waals surface area contributed by atoms with Crippen molar-refractivity contribution in [3.63, 3.8) is 0 Å². The maximum atomic E-state index is 11.9. The first-order valence-electron chi connectivity index (χ1n) is 7.19. The lowest BCUT2D eigenvalue weighted by molar-refractivity contribution is -0.383. The quantitative estimate of drug-likeness (QED) is 0.437. The van der Waals surface area contributed by atoms with Crippen LogP contribution < -0.4 is 10.6 Å². The molecule has 0 saturated carbocycles. The average Bonchev–Trinajstić information content (AvgIpc) is 2.56. The van der Waals surface area contributed by atoms with Crippen molar-refractivity contribution in [1.29, 1.82) is 0 Å².